The zero-order chi connectivity index (χ0) is 11.5. The van der Waals surface area contributed by atoms with E-state index in [0.717, 1.165) is 5.56 Å². The summed E-state index contributed by atoms with van der Waals surface area (Å²) in [5, 5.41) is 0. The van der Waals surface area contributed by atoms with Crippen molar-refractivity contribution in [3.8, 4) is 0 Å². The van der Waals surface area contributed by atoms with Crippen molar-refractivity contribution in [3.05, 3.63) is 54.4 Å². The third-order valence-corrected chi connectivity index (χ3v) is 2.39. The van der Waals surface area contributed by atoms with E-state index in [1.165, 1.54) is 0 Å². The van der Waals surface area contributed by atoms with Crippen LogP contribution in [0.1, 0.15) is 17.4 Å². The van der Waals surface area contributed by atoms with Gasteiger partial charge in [-0.2, -0.15) is 0 Å². The Balaban J connectivity index is 1.87. The first kappa shape index (κ1) is 9.86. The highest BCUT2D eigenvalue weighted by Gasteiger charge is 2.19. The molecule has 6 heteroatoms. The molecule has 2 N–H and O–H groups in total. The van der Waals surface area contributed by atoms with E-state index < -0.39 is 0 Å². The second-order valence-corrected chi connectivity index (χ2v) is 3.53. The Hall–Kier alpha value is -2.34. The van der Waals surface area contributed by atoms with Crippen molar-refractivity contribution in [2.45, 2.75) is 6.17 Å². The average Bonchev–Trinajstić information content (AvgIpc) is 2.90. The third-order valence-electron chi connectivity index (χ3n) is 2.39. The Labute approximate surface area is 97.8 Å². The van der Waals surface area contributed by atoms with E-state index in [9.17, 15) is 0 Å². The number of nitrogens with zero attached hydrogens (tertiary/aromatic N) is 4. The summed E-state index contributed by atoms with van der Waals surface area (Å²) in [5.41, 5.74) is 7.76. The van der Waals surface area contributed by atoms with Crippen LogP contribution < -0.4 is 10.9 Å². The van der Waals surface area contributed by atoms with Crippen molar-refractivity contribution in [3.63, 3.8) is 0 Å². The van der Waals surface area contributed by atoms with Crippen molar-refractivity contribution in [1.29, 1.82) is 0 Å². The molecule has 0 aliphatic carbocycles. The lowest BCUT2D eigenvalue weighted by Gasteiger charge is -2.05. The number of rotatable bonds is 2. The van der Waals surface area contributed by atoms with Gasteiger partial charge in [-0.25, -0.2) is 15.4 Å². The second kappa shape index (κ2) is 4.26. The molecule has 0 unspecified atom stereocenters. The van der Waals surface area contributed by atoms with Crippen LogP contribution in [0.25, 0.3) is 0 Å². The summed E-state index contributed by atoms with van der Waals surface area (Å²) in [6, 6.07) is 3.85. The van der Waals surface area contributed by atoms with Gasteiger partial charge < -0.3 is 5.43 Å². The predicted molar refractivity (Wildman–Crippen MR) is 61.8 cm³/mol. The minimum Gasteiger partial charge on any atom is -0.302 e. The molecule has 0 aromatic carbocycles. The SMILES string of the molecule is c1cncc([C@H]2N=C(c3cnccn3)NN2)c1. The van der Waals surface area contributed by atoms with Crippen LogP contribution in [0.4, 0.5) is 0 Å². The van der Waals surface area contributed by atoms with Crippen molar-refractivity contribution < 1.29 is 0 Å². The zero-order valence-electron chi connectivity index (χ0n) is 8.91. The van der Waals surface area contributed by atoms with E-state index in [2.05, 4.69) is 30.8 Å². The lowest BCUT2D eigenvalue weighted by molar-refractivity contribution is 0.573. The van der Waals surface area contributed by atoms with Crippen LogP contribution in [0.5, 0.6) is 0 Å². The topological polar surface area (TPSA) is 75.1 Å². The molecule has 84 valence electrons. The fourth-order valence-electron chi connectivity index (χ4n) is 1.58. The Morgan fingerprint density at radius 1 is 1.06 bits per heavy atom. The normalized spacial score (nSPS) is 18.6. The second-order valence-electron chi connectivity index (χ2n) is 3.53. The van der Waals surface area contributed by atoms with Gasteiger partial charge in [-0.15, -0.1) is 0 Å². The van der Waals surface area contributed by atoms with Crippen LogP contribution in [0.15, 0.2) is 48.1 Å². The average molecular weight is 226 g/mol. The van der Waals surface area contributed by atoms with Gasteiger partial charge in [-0.3, -0.25) is 9.97 Å². The molecule has 1 aliphatic heterocycles. The van der Waals surface area contributed by atoms with Gasteiger partial charge in [0, 0.05) is 30.4 Å². The Kier molecular flexibility index (Phi) is 2.47. The fourth-order valence-corrected chi connectivity index (χ4v) is 1.58. The molecule has 0 amide bonds. The van der Waals surface area contributed by atoms with Gasteiger partial charge in [0.15, 0.2) is 5.84 Å². The van der Waals surface area contributed by atoms with Gasteiger partial charge in [0.05, 0.1) is 6.20 Å². The number of aromatic nitrogens is 3. The van der Waals surface area contributed by atoms with Gasteiger partial charge in [0.1, 0.15) is 11.9 Å². The number of hydrogen-bond donors (Lipinski definition) is 2. The molecule has 3 rings (SSSR count). The van der Waals surface area contributed by atoms with Gasteiger partial charge >= 0.3 is 0 Å². The molecule has 1 atom stereocenters. The molecule has 0 radical (unpaired) electrons. The number of aliphatic imine (C=N–C) groups is 1. The number of hydrogen-bond acceptors (Lipinski definition) is 6. The molecule has 3 heterocycles. The van der Waals surface area contributed by atoms with Gasteiger partial charge in [0.2, 0.25) is 0 Å². The van der Waals surface area contributed by atoms with E-state index in [-0.39, 0.29) is 6.17 Å². The summed E-state index contributed by atoms with van der Waals surface area (Å²) in [6.07, 6.45) is 8.31. The maximum atomic E-state index is 4.48. The Bertz CT molecular complexity index is 524. The van der Waals surface area contributed by atoms with Crippen LogP contribution in [-0.2, 0) is 0 Å². The van der Waals surface area contributed by atoms with Crippen molar-refractivity contribution in [2.24, 2.45) is 4.99 Å². The molecule has 0 bridgehead atoms. The molecule has 0 spiro atoms. The van der Waals surface area contributed by atoms with Crippen LogP contribution in [0.3, 0.4) is 0 Å². The molecule has 17 heavy (non-hydrogen) atoms. The van der Waals surface area contributed by atoms with E-state index in [1.54, 1.807) is 31.0 Å². The molecular formula is C11H10N6. The molecule has 2 aromatic heterocycles. The first-order chi connectivity index (χ1) is 8.43. The monoisotopic (exact) mass is 226 g/mol. The van der Waals surface area contributed by atoms with E-state index in [1.807, 2.05) is 12.1 Å². The highest BCUT2D eigenvalue weighted by Crippen LogP contribution is 2.16. The summed E-state index contributed by atoms with van der Waals surface area (Å²) in [5.74, 6) is 0.687. The molecule has 6 nitrogen and oxygen atoms in total. The summed E-state index contributed by atoms with van der Waals surface area (Å²) in [6.45, 7) is 0. The number of amidine groups is 1. The predicted octanol–water partition coefficient (Wildman–Crippen LogP) is 0.425. The zero-order valence-corrected chi connectivity index (χ0v) is 8.91. The molecule has 1 aliphatic rings. The Morgan fingerprint density at radius 3 is 2.76 bits per heavy atom. The maximum Gasteiger partial charge on any atom is 0.165 e. The van der Waals surface area contributed by atoms with Crippen molar-refractivity contribution >= 4 is 5.84 Å². The minimum atomic E-state index is -0.138. The molecule has 0 saturated heterocycles. The molecule has 0 fully saturated rings. The van der Waals surface area contributed by atoms with Crippen LogP contribution >= 0.6 is 0 Å². The largest absolute Gasteiger partial charge is 0.302 e. The van der Waals surface area contributed by atoms with Crippen molar-refractivity contribution in [2.75, 3.05) is 0 Å². The first-order valence-corrected chi connectivity index (χ1v) is 5.19. The highest BCUT2D eigenvalue weighted by atomic mass is 15.5. The van der Waals surface area contributed by atoms with Crippen LogP contribution in [-0.4, -0.2) is 20.8 Å². The Morgan fingerprint density at radius 2 is 2.00 bits per heavy atom. The lowest BCUT2D eigenvalue weighted by atomic mass is 10.2. The van der Waals surface area contributed by atoms with E-state index >= 15 is 0 Å². The number of hydrazine groups is 1. The maximum absolute atomic E-state index is 4.48. The van der Waals surface area contributed by atoms with E-state index in [0.29, 0.717) is 11.5 Å². The molecule has 2 aromatic rings. The molecular weight excluding hydrogens is 216 g/mol. The van der Waals surface area contributed by atoms with Crippen molar-refractivity contribution in [1.82, 2.24) is 25.8 Å². The summed E-state index contributed by atoms with van der Waals surface area (Å²) in [4.78, 5) is 16.7. The summed E-state index contributed by atoms with van der Waals surface area (Å²) >= 11 is 0. The fraction of sp³-hybridized carbons (Fsp3) is 0.0909. The minimum absolute atomic E-state index is 0.138. The highest BCUT2D eigenvalue weighted by molar-refractivity contribution is 5.97. The third kappa shape index (κ3) is 1.98. The van der Waals surface area contributed by atoms with Gasteiger partial charge in [-0.1, -0.05) is 6.07 Å². The number of pyridine rings is 1. The number of nitrogens with one attached hydrogen (secondary N) is 2. The van der Waals surface area contributed by atoms with Crippen LogP contribution in [0, 0.1) is 0 Å². The first-order valence-electron chi connectivity index (χ1n) is 5.19. The van der Waals surface area contributed by atoms with E-state index in [4.69, 9.17) is 0 Å². The smallest absolute Gasteiger partial charge is 0.165 e. The summed E-state index contributed by atoms with van der Waals surface area (Å²) in [7, 11) is 0. The lowest BCUT2D eigenvalue weighted by Crippen LogP contribution is -2.32. The molecule has 0 saturated carbocycles. The van der Waals surface area contributed by atoms with Crippen LogP contribution in [0.2, 0.25) is 0 Å². The standard InChI is InChI=1S/C11H10N6/c1-2-8(6-12-3-1)10-15-11(17-16-10)9-7-13-4-5-14-9/h1-7,10,16H,(H,15,17)/t10-/m0/s1. The summed E-state index contributed by atoms with van der Waals surface area (Å²) < 4.78 is 0. The van der Waals surface area contributed by atoms with Gasteiger partial charge in [0.25, 0.3) is 0 Å². The quantitative estimate of drug-likeness (QED) is 0.776. The van der Waals surface area contributed by atoms with Gasteiger partial charge in [-0.05, 0) is 6.07 Å².